The van der Waals surface area contributed by atoms with Crippen molar-refractivity contribution in [2.45, 2.75) is 110 Å². The topological polar surface area (TPSA) is 254 Å². The average molecular weight is 1150 g/mol. The maximum absolute atomic E-state index is 16.0. The molecule has 0 radical (unpaired) electrons. The minimum absolute atomic E-state index is 0.000734. The van der Waals surface area contributed by atoms with Crippen LogP contribution < -0.4 is 25.9 Å². The van der Waals surface area contributed by atoms with Gasteiger partial charge in [-0.05, 0) is 95.0 Å². The number of carbonyl (C=O) groups is 4. The van der Waals surface area contributed by atoms with E-state index in [4.69, 9.17) is 18.9 Å². The Balaban J connectivity index is 1.33. The maximum Gasteiger partial charge on any atom is 0.323 e. The number of hydrogen-bond donors (Lipinski definition) is 5. The van der Waals surface area contributed by atoms with E-state index in [1.165, 1.54) is 6.33 Å². The number of rotatable bonds is 37. The van der Waals surface area contributed by atoms with Crippen LogP contribution in [0.25, 0.3) is 11.2 Å². The van der Waals surface area contributed by atoms with Crippen LogP contribution in [0.2, 0.25) is 0 Å². The first-order valence-electron chi connectivity index (χ1n) is 27.9. The molecule has 0 saturated carbocycles. The fraction of sp³-hybridized carbons (Fsp3) is 0.441. The van der Waals surface area contributed by atoms with Gasteiger partial charge in [-0.15, -0.1) is 0 Å². The van der Waals surface area contributed by atoms with Crippen LogP contribution in [0.5, 0.6) is 0 Å². The van der Waals surface area contributed by atoms with E-state index in [0.29, 0.717) is 51.0 Å². The number of fused-ring (bicyclic) bond motifs is 1. The number of benzene rings is 4. The monoisotopic (exact) mass is 1150 g/mol. The molecule has 2 heterocycles. The van der Waals surface area contributed by atoms with Gasteiger partial charge >= 0.3 is 23.9 Å². The molecule has 0 aliphatic carbocycles. The Bertz CT molecular complexity index is 2890. The molecule has 5 N–H and O–H groups in total. The fourth-order valence-corrected chi connectivity index (χ4v) is 14.4. The van der Waals surface area contributed by atoms with Crippen molar-refractivity contribution >= 4 is 49.9 Å². The number of nitrogens with zero attached hydrogens (tertiary/aromatic N) is 4. The summed E-state index contributed by atoms with van der Waals surface area (Å²) in [5, 5.41) is 13.2. The highest BCUT2D eigenvalue weighted by molar-refractivity contribution is 7.60. The van der Waals surface area contributed by atoms with Gasteiger partial charge in [0.25, 0.3) is 5.56 Å². The number of nitrogens with one attached hydrogen (secondary N) is 5. The molecule has 6 rings (SSSR count). The molecule has 4 aromatic carbocycles. The van der Waals surface area contributed by atoms with Crippen molar-refractivity contribution < 1.29 is 47.3 Å². The molecule has 81 heavy (non-hydrogen) atoms. The van der Waals surface area contributed by atoms with Gasteiger partial charge < -0.3 is 33.4 Å². The molecule has 20 nitrogen and oxygen atoms in total. The average Bonchev–Trinajstić information content (AvgIpc) is 3.89. The number of unbranched alkanes of at least 4 members (excludes halogenated alkanes) is 1. The van der Waals surface area contributed by atoms with Crippen LogP contribution in [-0.2, 0) is 79.5 Å². The summed E-state index contributed by atoms with van der Waals surface area (Å²) in [5.41, 5.74) is 3.60. The Kier molecular flexibility index (Phi) is 26.2. The molecule has 0 fully saturated rings. The van der Waals surface area contributed by atoms with Gasteiger partial charge in [0, 0.05) is 44.0 Å². The Labute approximate surface area is 474 Å². The summed E-state index contributed by atoms with van der Waals surface area (Å²) >= 11 is 0. The van der Waals surface area contributed by atoms with E-state index in [-0.39, 0.29) is 82.1 Å². The summed E-state index contributed by atoms with van der Waals surface area (Å²) in [6.45, 7) is 8.64. The number of aromatic amines is 1. The molecular formula is C59H79N9O11P2. The van der Waals surface area contributed by atoms with E-state index in [2.05, 4.69) is 40.2 Å². The molecular weight excluding hydrogens is 1070 g/mol. The number of ether oxygens (including phenoxy) is 4. The first-order chi connectivity index (χ1) is 39.2. The largest absolute Gasteiger partial charge is 0.466 e. The van der Waals surface area contributed by atoms with Gasteiger partial charge in [-0.1, -0.05) is 121 Å². The third-order valence-electron chi connectivity index (χ3n) is 13.3. The number of aromatic nitrogens is 4. The van der Waals surface area contributed by atoms with Gasteiger partial charge in [-0.25, -0.2) is 20.1 Å². The summed E-state index contributed by atoms with van der Waals surface area (Å²) in [5.74, 6) is -2.12. The van der Waals surface area contributed by atoms with Crippen LogP contribution in [-0.4, -0.2) is 131 Å². The molecule has 436 valence electrons. The quantitative estimate of drug-likeness (QED) is 0.0110. The molecule has 4 atom stereocenters. The Hall–Kier alpha value is -6.63. The first kappa shape index (κ1) is 63.6. The van der Waals surface area contributed by atoms with E-state index >= 15 is 9.13 Å². The lowest BCUT2D eigenvalue weighted by Gasteiger charge is -2.32. The lowest BCUT2D eigenvalue weighted by molar-refractivity contribution is -0.145. The van der Waals surface area contributed by atoms with Crippen molar-refractivity contribution in [1.82, 2.24) is 44.8 Å². The summed E-state index contributed by atoms with van der Waals surface area (Å²) in [6.07, 6.45) is 4.45. The second-order valence-electron chi connectivity index (χ2n) is 19.6. The van der Waals surface area contributed by atoms with Crippen molar-refractivity contribution in [1.29, 1.82) is 0 Å². The highest BCUT2D eigenvalue weighted by Crippen LogP contribution is 2.41. The molecule has 6 aromatic rings. The van der Waals surface area contributed by atoms with Gasteiger partial charge in [0.15, 0.2) is 11.2 Å². The number of imidazole rings is 1. The highest BCUT2D eigenvalue weighted by atomic mass is 31.2. The summed E-state index contributed by atoms with van der Waals surface area (Å²) < 4.78 is 55.3. The predicted molar refractivity (Wildman–Crippen MR) is 313 cm³/mol. The van der Waals surface area contributed by atoms with E-state index in [1.54, 1.807) is 38.6 Å². The van der Waals surface area contributed by atoms with Gasteiger partial charge in [-0.2, -0.15) is 0 Å². The molecule has 0 spiro atoms. The number of hydrogen-bond acceptors (Lipinski definition) is 14. The molecule has 0 bridgehead atoms. The number of H-pyrrole nitrogens is 1. The van der Waals surface area contributed by atoms with E-state index in [9.17, 15) is 24.0 Å². The molecule has 2 aromatic heterocycles. The van der Waals surface area contributed by atoms with Crippen molar-refractivity contribution in [2.75, 3.05) is 58.4 Å². The molecule has 0 amide bonds. The highest BCUT2D eigenvalue weighted by Gasteiger charge is 2.36. The Morgan fingerprint density at radius 3 is 1.42 bits per heavy atom. The molecule has 0 aliphatic heterocycles. The Morgan fingerprint density at radius 2 is 0.975 bits per heavy atom. The fourth-order valence-electron chi connectivity index (χ4n) is 9.53. The molecule has 0 saturated heterocycles. The van der Waals surface area contributed by atoms with E-state index in [1.807, 2.05) is 121 Å². The van der Waals surface area contributed by atoms with Gasteiger partial charge in [0.05, 0.1) is 51.9 Å². The third-order valence-corrected chi connectivity index (χ3v) is 18.1. The van der Waals surface area contributed by atoms with Crippen LogP contribution in [0.4, 0.5) is 0 Å². The zero-order valence-corrected chi connectivity index (χ0v) is 48.7. The van der Waals surface area contributed by atoms with Crippen molar-refractivity contribution in [2.24, 2.45) is 0 Å². The molecule has 0 unspecified atom stereocenters. The summed E-state index contributed by atoms with van der Waals surface area (Å²) in [7, 11) is -7.70. The summed E-state index contributed by atoms with van der Waals surface area (Å²) in [4.78, 5) is 80.1. The lowest BCUT2D eigenvalue weighted by Crippen LogP contribution is -2.46. The minimum Gasteiger partial charge on any atom is -0.466 e. The van der Waals surface area contributed by atoms with Crippen LogP contribution in [0, 0.1) is 0 Å². The van der Waals surface area contributed by atoms with Crippen molar-refractivity contribution in [3.05, 3.63) is 167 Å². The first-order valence-corrected chi connectivity index (χ1v) is 31.7. The van der Waals surface area contributed by atoms with E-state index in [0.717, 1.165) is 22.3 Å². The van der Waals surface area contributed by atoms with E-state index < -0.39 is 62.9 Å². The second kappa shape index (κ2) is 33.3. The summed E-state index contributed by atoms with van der Waals surface area (Å²) in [6, 6.07) is 34.3. The minimum atomic E-state index is -3.89. The predicted octanol–water partition coefficient (Wildman–Crippen LogP) is 7.42. The van der Waals surface area contributed by atoms with Crippen molar-refractivity contribution in [3.63, 3.8) is 0 Å². The van der Waals surface area contributed by atoms with Gasteiger partial charge in [0.2, 0.25) is 14.9 Å². The normalized spacial score (nSPS) is 13.3. The Morgan fingerprint density at radius 1 is 0.543 bits per heavy atom. The zero-order chi connectivity index (χ0) is 57.9. The smallest absolute Gasteiger partial charge is 0.323 e. The lowest BCUT2D eigenvalue weighted by atomic mass is 10.0. The SMILES string of the molecule is CCOC(=O)C[C@H](Cc1ccccc1)NP(=O)(CCN(CCCCP(=O)(N[C@@H](Cc1ccccc1)C(=O)OCC)N[C@@H](Cc1ccccc1)C(=O)OCC)CCn1cnc2c(=O)[nH]cnc21)N[C@H](CC(=O)OCC)Cc1ccccc1. The number of carbonyl (C=O) groups excluding carboxylic acids is 4. The van der Waals surface area contributed by atoms with Crippen LogP contribution in [0.3, 0.4) is 0 Å². The zero-order valence-electron chi connectivity index (χ0n) is 46.9. The van der Waals surface area contributed by atoms with Gasteiger partial charge in [0.1, 0.15) is 12.1 Å². The van der Waals surface area contributed by atoms with Crippen LogP contribution >= 0.6 is 14.9 Å². The second-order valence-corrected chi connectivity index (χ2v) is 24.5. The standard InChI is InChI=1S/C59H79N9O11P2/c1-5-76-53(69)41-49(37-45-23-13-9-14-24-45)63-81(75,64-50(42-54(70)77-6-2)38-46-25-15-10-16-26-46)36-34-67(32-33-68-44-62-55-56(68)60-43-61-57(55)71)31-21-22-35-80(74,65-51(58(72)78-7-3)39-47-27-17-11-18-28-47)66-52(59(73)79-8-4)40-48-29-19-12-20-30-48/h9-20,23-30,43-44,49-52H,5-8,21-22,31-42H2,1-4H3,(H,60,61,71)(H2,63,64,75)(H2,65,66,74)/t49-,50-,51-,52-/m0/s1. The third kappa shape index (κ3) is 21.7. The van der Waals surface area contributed by atoms with Gasteiger partial charge in [-0.3, -0.25) is 43.3 Å². The molecule has 0 aliphatic rings. The maximum atomic E-state index is 16.0. The number of esters is 4. The van der Waals surface area contributed by atoms with Crippen LogP contribution in [0.1, 0.15) is 75.6 Å². The van der Waals surface area contributed by atoms with Crippen molar-refractivity contribution in [3.8, 4) is 0 Å². The molecule has 22 heteroatoms. The van der Waals surface area contributed by atoms with Crippen LogP contribution in [0.15, 0.2) is 139 Å².